The zero-order valence-corrected chi connectivity index (χ0v) is 19.3. The molecule has 1 N–H and O–H groups in total. The molecule has 0 unspecified atom stereocenters. The number of thiazole rings is 1. The standard InChI is InChI=1S/C27H17N3O4S/c1-33-26(31)17-6-9-19(10-7-17)29-14-18(13-28)25-30-23(15-35-25)22-12-21-20-5-3-2-4-16(20)8-11-24(21)34-27(22)32/h2-12,14-15,29H,1H3. The summed E-state index contributed by atoms with van der Waals surface area (Å²) in [6.07, 6.45) is 1.53. The molecule has 0 saturated carbocycles. The maximum absolute atomic E-state index is 12.7. The number of esters is 1. The van der Waals surface area contributed by atoms with E-state index < -0.39 is 11.6 Å². The van der Waals surface area contributed by atoms with E-state index in [1.807, 2.05) is 30.3 Å². The Bertz CT molecular complexity index is 1710. The molecule has 5 aromatic rings. The molecule has 170 valence electrons. The summed E-state index contributed by atoms with van der Waals surface area (Å²) in [6, 6.07) is 22.2. The van der Waals surface area contributed by atoms with Crippen molar-refractivity contribution in [2.75, 3.05) is 12.4 Å². The summed E-state index contributed by atoms with van der Waals surface area (Å²) in [7, 11) is 1.32. The minimum absolute atomic E-state index is 0.300. The highest BCUT2D eigenvalue weighted by atomic mass is 32.1. The van der Waals surface area contributed by atoms with Crippen molar-refractivity contribution in [1.29, 1.82) is 5.26 Å². The zero-order chi connectivity index (χ0) is 24.4. The van der Waals surface area contributed by atoms with Gasteiger partial charge in [-0.1, -0.05) is 30.3 Å². The summed E-state index contributed by atoms with van der Waals surface area (Å²) in [4.78, 5) is 28.8. The fourth-order valence-corrected chi connectivity index (χ4v) is 4.47. The van der Waals surface area contributed by atoms with Gasteiger partial charge in [0.15, 0.2) is 0 Å². The molecule has 0 bridgehead atoms. The number of nitriles is 1. The number of hydrogen-bond donors (Lipinski definition) is 1. The first-order valence-corrected chi connectivity index (χ1v) is 11.4. The lowest BCUT2D eigenvalue weighted by Crippen LogP contribution is -2.03. The first-order valence-electron chi connectivity index (χ1n) is 10.5. The van der Waals surface area contributed by atoms with Crippen LogP contribution < -0.4 is 10.9 Å². The average molecular weight is 480 g/mol. The number of aromatic nitrogens is 1. The van der Waals surface area contributed by atoms with E-state index in [9.17, 15) is 14.9 Å². The maximum atomic E-state index is 12.7. The van der Waals surface area contributed by atoms with Gasteiger partial charge in [-0.25, -0.2) is 14.6 Å². The van der Waals surface area contributed by atoms with Gasteiger partial charge in [0, 0.05) is 22.7 Å². The predicted molar refractivity (Wildman–Crippen MR) is 136 cm³/mol. The number of rotatable bonds is 5. The van der Waals surface area contributed by atoms with Gasteiger partial charge in [-0.15, -0.1) is 11.3 Å². The molecule has 0 spiro atoms. The highest BCUT2D eigenvalue weighted by Gasteiger charge is 2.15. The van der Waals surface area contributed by atoms with Crippen molar-refractivity contribution >= 4 is 50.3 Å². The summed E-state index contributed by atoms with van der Waals surface area (Å²) in [5.41, 5.74) is 2.20. The van der Waals surface area contributed by atoms with E-state index in [4.69, 9.17) is 9.15 Å². The first-order chi connectivity index (χ1) is 17.1. The Balaban J connectivity index is 1.46. The molecule has 3 aromatic carbocycles. The van der Waals surface area contributed by atoms with Crippen LogP contribution in [-0.4, -0.2) is 18.1 Å². The van der Waals surface area contributed by atoms with Crippen molar-refractivity contribution in [1.82, 2.24) is 4.98 Å². The van der Waals surface area contributed by atoms with E-state index >= 15 is 0 Å². The number of nitrogens with one attached hydrogen (secondary N) is 1. The van der Waals surface area contributed by atoms with Gasteiger partial charge in [0.25, 0.3) is 0 Å². The van der Waals surface area contributed by atoms with Crippen LogP contribution in [0, 0.1) is 11.3 Å². The van der Waals surface area contributed by atoms with Gasteiger partial charge in [-0.3, -0.25) is 0 Å². The molecule has 2 aromatic heterocycles. The van der Waals surface area contributed by atoms with Gasteiger partial charge < -0.3 is 14.5 Å². The van der Waals surface area contributed by atoms with Crippen molar-refractivity contribution in [3.05, 3.63) is 99.3 Å². The number of fused-ring (bicyclic) bond motifs is 3. The second-order valence-electron chi connectivity index (χ2n) is 7.57. The first kappa shape index (κ1) is 22.1. The van der Waals surface area contributed by atoms with E-state index in [2.05, 4.69) is 16.4 Å². The summed E-state index contributed by atoms with van der Waals surface area (Å²) in [5.74, 6) is -0.425. The molecule has 0 aliphatic heterocycles. The van der Waals surface area contributed by atoms with Crippen LogP contribution in [0.4, 0.5) is 5.69 Å². The molecule has 0 atom stereocenters. The lowest BCUT2D eigenvalue weighted by Gasteiger charge is -2.04. The van der Waals surface area contributed by atoms with Crippen molar-refractivity contribution in [3.8, 4) is 17.3 Å². The molecule has 0 fully saturated rings. The minimum atomic E-state index is -0.490. The molecule has 0 amide bonds. The van der Waals surface area contributed by atoms with Gasteiger partial charge in [0.1, 0.15) is 22.2 Å². The van der Waals surface area contributed by atoms with E-state index in [0.29, 0.717) is 38.7 Å². The lowest BCUT2D eigenvalue weighted by atomic mass is 10.0. The summed E-state index contributed by atoms with van der Waals surface area (Å²) in [6.45, 7) is 0. The third kappa shape index (κ3) is 4.28. The van der Waals surface area contributed by atoms with Crippen LogP contribution in [0.15, 0.2) is 87.5 Å². The molecular formula is C27H17N3O4S. The van der Waals surface area contributed by atoms with E-state index in [1.165, 1.54) is 24.6 Å². The van der Waals surface area contributed by atoms with Crippen LogP contribution in [-0.2, 0) is 4.74 Å². The number of carbonyl (C=O) groups is 1. The van der Waals surface area contributed by atoms with E-state index in [0.717, 1.165) is 16.2 Å². The normalized spacial score (nSPS) is 11.4. The molecule has 0 aliphatic rings. The summed E-state index contributed by atoms with van der Waals surface area (Å²) < 4.78 is 10.3. The van der Waals surface area contributed by atoms with Gasteiger partial charge in [0.05, 0.1) is 23.9 Å². The third-order valence-electron chi connectivity index (χ3n) is 5.46. The minimum Gasteiger partial charge on any atom is -0.465 e. The highest BCUT2D eigenvalue weighted by molar-refractivity contribution is 7.11. The molecule has 7 nitrogen and oxygen atoms in total. The Morgan fingerprint density at radius 1 is 1.11 bits per heavy atom. The van der Waals surface area contributed by atoms with Crippen molar-refractivity contribution in [3.63, 3.8) is 0 Å². The lowest BCUT2D eigenvalue weighted by molar-refractivity contribution is 0.0601. The van der Waals surface area contributed by atoms with Crippen LogP contribution in [0.3, 0.4) is 0 Å². The Morgan fingerprint density at radius 2 is 1.91 bits per heavy atom. The summed E-state index contributed by atoms with van der Waals surface area (Å²) in [5, 5.41) is 17.7. The summed E-state index contributed by atoms with van der Waals surface area (Å²) >= 11 is 1.26. The molecule has 0 aliphatic carbocycles. The Hall–Kier alpha value is -4.74. The topological polar surface area (TPSA) is 105 Å². The van der Waals surface area contributed by atoms with Crippen molar-refractivity contribution < 1.29 is 13.9 Å². The number of benzene rings is 3. The smallest absolute Gasteiger partial charge is 0.345 e. The number of carbonyl (C=O) groups excluding carboxylic acids is 1. The molecule has 35 heavy (non-hydrogen) atoms. The fraction of sp³-hybridized carbons (Fsp3) is 0.0370. The Labute approximate surface area is 203 Å². The number of ether oxygens (including phenoxy) is 1. The number of anilines is 1. The van der Waals surface area contributed by atoms with Gasteiger partial charge in [0.2, 0.25) is 0 Å². The fourth-order valence-electron chi connectivity index (χ4n) is 3.69. The molecule has 0 radical (unpaired) electrons. The van der Waals surface area contributed by atoms with Crippen LogP contribution >= 0.6 is 11.3 Å². The zero-order valence-electron chi connectivity index (χ0n) is 18.4. The van der Waals surface area contributed by atoms with Gasteiger partial charge in [-0.2, -0.15) is 5.26 Å². The van der Waals surface area contributed by atoms with Crippen molar-refractivity contribution in [2.24, 2.45) is 0 Å². The SMILES string of the molecule is COC(=O)c1ccc(NC=C(C#N)c2nc(-c3cc4c(ccc5ccccc54)oc3=O)cs2)cc1. The van der Waals surface area contributed by atoms with Crippen LogP contribution in [0.1, 0.15) is 15.4 Å². The monoisotopic (exact) mass is 479 g/mol. The van der Waals surface area contributed by atoms with E-state index in [1.54, 1.807) is 41.8 Å². The largest absolute Gasteiger partial charge is 0.465 e. The molecule has 0 saturated heterocycles. The Morgan fingerprint density at radius 3 is 2.69 bits per heavy atom. The number of allylic oxidation sites excluding steroid dienone is 1. The van der Waals surface area contributed by atoms with Crippen LogP contribution in [0.5, 0.6) is 0 Å². The molecule has 5 rings (SSSR count). The van der Waals surface area contributed by atoms with Gasteiger partial charge >= 0.3 is 11.6 Å². The Kier molecular flexibility index (Phi) is 5.83. The van der Waals surface area contributed by atoms with Crippen LogP contribution in [0.2, 0.25) is 0 Å². The molecule has 2 heterocycles. The molecular weight excluding hydrogens is 462 g/mol. The highest BCUT2D eigenvalue weighted by Crippen LogP contribution is 2.30. The third-order valence-corrected chi connectivity index (χ3v) is 6.34. The van der Waals surface area contributed by atoms with E-state index in [-0.39, 0.29) is 0 Å². The number of nitrogens with zero attached hydrogens (tertiary/aromatic N) is 2. The number of methoxy groups -OCH3 is 1. The van der Waals surface area contributed by atoms with Crippen molar-refractivity contribution in [2.45, 2.75) is 0 Å². The van der Waals surface area contributed by atoms with Crippen LogP contribution in [0.25, 0.3) is 38.6 Å². The molecule has 8 heteroatoms. The second-order valence-corrected chi connectivity index (χ2v) is 8.43. The van der Waals surface area contributed by atoms with Gasteiger partial charge in [-0.05, 0) is 47.2 Å². The average Bonchev–Trinajstić information content (AvgIpc) is 3.38. The second kappa shape index (κ2) is 9.25. The predicted octanol–water partition coefficient (Wildman–Crippen LogP) is 5.83. The maximum Gasteiger partial charge on any atom is 0.345 e. The number of hydrogen-bond acceptors (Lipinski definition) is 8. The quantitative estimate of drug-likeness (QED) is 0.146.